The van der Waals surface area contributed by atoms with Crippen molar-refractivity contribution < 1.29 is 4.79 Å². The number of benzene rings is 2. The Labute approximate surface area is 200 Å². The van der Waals surface area contributed by atoms with Gasteiger partial charge in [-0.05, 0) is 55.7 Å². The number of rotatable bonds is 6. The van der Waals surface area contributed by atoms with Gasteiger partial charge >= 0.3 is 0 Å². The lowest BCUT2D eigenvalue weighted by atomic mass is 10.0. The van der Waals surface area contributed by atoms with Gasteiger partial charge in [-0.2, -0.15) is 4.98 Å². The zero-order valence-electron chi connectivity index (χ0n) is 17.8. The number of carbonyl (C=O) groups excluding carboxylic acids is 1. The predicted octanol–water partition coefficient (Wildman–Crippen LogP) is 5.68. The molecule has 6 nitrogen and oxygen atoms in total. The van der Waals surface area contributed by atoms with Gasteiger partial charge in [-0.15, -0.1) is 5.10 Å². The number of fused-ring (bicyclic) bond motifs is 1. The third kappa shape index (κ3) is 4.75. The molecule has 0 saturated heterocycles. The Morgan fingerprint density at radius 1 is 1.03 bits per heavy atom. The van der Waals surface area contributed by atoms with E-state index in [1.54, 1.807) is 16.6 Å². The maximum absolute atomic E-state index is 12.4. The molecular formula is C23H21Cl2N5OS. The number of amides is 1. The smallest absolute Gasteiger partial charge is 0.253 e. The van der Waals surface area contributed by atoms with Gasteiger partial charge in [-0.1, -0.05) is 59.2 Å². The van der Waals surface area contributed by atoms with E-state index in [0.29, 0.717) is 28.1 Å². The maximum atomic E-state index is 12.4. The molecule has 0 saturated carbocycles. The average molecular weight is 486 g/mol. The first-order valence-electron chi connectivity index (χ1n) is 9.97. The summed E-state index contributed by atoms with van der Waals surface area (Å²) < 4.78 is 1.72. The van der Waals surface area contributed by atoms with Gasteiger partial charge in [0.1, 0.15) is 0 Å². The Bertz CT molecular complexity index is 1320. The van der Waals surface area contributed by atoms with Gasteiger partial charge in [0.2, 0.25) is 11.1 Å². The summed E-state index contributed by atoms with van der Waals surface area (Å²) in [5, 5.41) is 9.27. The highest BCUT2D eigenvalue weighted by atomic mass is 35.5. The van der Waals surface area contributed by atoms with Crippen LogP contribution in [-0.4, -0.2) is 31.2 Å². The number of aryl methyl sites for hydroxylation is 2. The molecule has 1 amide bonds. The van der Waals surface area contributed by atoms with Crippen LogP contribution in [0.25, 0.3) is 5.78 Å². The van der Waals surface area contributed by atoms with E-state index in [0.717, 1.165) is 33.1 Å². The van der Waals surface area contributed by atoms with Crippen molar-refractivity contribution in [3.8, 4) is 0 Å². The Kier molecular flexibility index (Phi) is 6.69. The third-order valence-corrected chi connectivity index (χ3v) is 6.84. The highest BCUT2D eigenvalue weighted by Crippen LogP contribution is 2.25. The van der Waals surface area contributed by atoms with Crippen LogP contribution < -0.4 is 5.32 Å². The summed E-state index contributed by atoms with van der Waals surface area (Å²) >= 11 is 13.7. The minimum absolute atomic E-state index is 0.153. The maximum Gasteiger partial charge on any atom is 0.253 e. The number of hydrogen-bond acceptors (Lipinski definition) is 5. The summed E-state index contributed by atoms with van der Waals surface area (Å²) in [6.45, 7) is 5.82. The second kappa shape index (κ2) is 9.48. The van der Waals surface area contributed by atoms with Crippen LogP contribution in [-0.2, 0) is 11.2 Å². The van der Waals surface area contributed by atoms with Crippen LogP contribution >= 0.6 is 35.0 Å². The molecule has 0 aliphatic heterocycles. The Hall–Kier alpha value is -2.61. The lowest BCUT2D eigenvalue weighted by molar-refractivity contribution is -0.113. The van der Waals surface area contributed by atoms with Crippen LogP contribution in [0.2, 0.25) is 10.0 Å². The first-order chi connectivity index (χ1) is 15.3. The lowest BCUT2D eigenvalue weighted by Crippen LogP contribution is -2.15. The van der Waals surface area contributed by atoms with Crippen LogP contribution in [0, 0.1) is 20.8 Å². The molecule has 0 radical (unpaired) electrons. The Balaban J connectivity index is 1.51. The summed E-state index contributed by atoms with van der Waals surface area (Å²) in [5.41, 5.74) is 5.45. The van der Waals surface area contributed by atoms with Crippen LogP contribution in [0.4, 0.5) is 5.69 Å². The molecule has 2 heterocycles. The van der Waals surface area contributed by atoms with Crippen molar-refractivity contribution in [2.45, 2.75) is 32.3 Å². The fraction of sp³-hybridized carbons (Fsp3) is 0.217. The first kappa shape index (κ1) is 22.6. The number of anilines is 1. The molecule has 4 rings (SSSR count). The fourth-order valence-corrected chi connectivity index (χ4v) is 4.39. The Morgan fingerprint density at radius 3 is 2.56 bits per heavy atom. The molecule has 2 aromatic carbocycles. The molecule has 0 aliphatic rings. The molecule has 1 N–H and O–H groups in total. The van der Waals surface area contributed by atoms with Crippen molar-refractivity contribution in [2.75, 3.05) is 11.1 Å². The van der Waals surface area contributed by atoms with E-state index in [1.807, 2.05) is 51.1 Å². The zero-order valence-corrected chi connectivity index (χ0v) is 20.1. The van der Waals surface area contributed by atoms with Gasteiger partial charge in [0.05, 0.1) is 5.75 Å². The van der Waals surface area contributed by atoms with E-state index in [9.17, 15) is 4.79 Å². The molecule has 0 fully saturated rings. The second-order valence-electron chi connectivity index (χ2n) is 7.38. The van der Waals surface area contributed by atoms with Crippen LogP contribution in [0.3, 0.4) is 0 Å². The van der Waals surface area contributed by atoms with Crippen LogP contribution in [0.1, 0.15) is 28.1 Å². The molecule has 164 valence electrons. The van der Waals surface area contributed by atoms with Crippen LogP contribution in [0.5, 0.6) is 0 Å². The van der Waals surface area contributed by atoms with E-state index in [-0.39, 0.29) is 11.7 Å². The van der Waals surface area contributed by atoms with Crippen LogP contribution in [0.15, 0.2) is 47.6 Å². The van der Waals surface area contributed by atoms with Crippen molar-refractivity contribution in [3.05, 3.63) is 80.6 Å². The largest absolute Gasteiger partial charge is 0.325 e. The van der Waals surface area contributed by atoms with Crippen molar-refractivity contribution in [2.24, 2.45) is 0 Å². The average Bonchev–Trinajstić information content (AvgIpc) is 3.17. The minimum atomic E-state index is -0.153. The minimum Gasteiger partial charge on any atom is -0.325 e. The molecule has 32 heavy (non-hydrogen) atoms. The molecule has 4 aromatic rings. The van der Waals surface area contributed by atoms with Gasteiger partial charge in [-0.25, -0.2) is 9.50 Å². The predicted molar refractivity (Wildman–Crippen MR) is 130 cm³/mol. The monoisotopic (exact) mass is 485 g/mol. The van der Waals surface area contributed by atoms with E-state index < -0.39 is 0 Å². The number of thioether (sulfide) groups is 1. The number of halogens is 2. The highest BCUT2D eigenvalue weighted by Gasteiger charge is 2.16. The van der Waals surface area contributed by atoms with Gasteiger partial charge in [0.25, 0.3) is 5.78 Å². The number of nitrogens with zero attached hydrogens (tertiary/aromatic N) is 4. The summed E-state index contributed by atoms with van der Waals surface area (Å²) in [4.78, 5) is 21.5. The molecule has 9 heteroatoms. The second-order valence-corrected chi connectivity index (χ2v) is 9.14. The number of aromatic nitrogens is 4. The van der Waals surface area contributed by atoms with Gasteiger partial charge < -0.3 is 5.32 Å². The molecule has 2 aromatic heterocycles. The van der Waals surface area contributed by atoms with Crippen molar-refractivity contribution in [1.29, 1.82) is 0 Å². The molecule has 0 aliphatic carbocycles. The van der Waals surface area contributed by atoms with E-state index >= 15 is 0 Å². The third-order valence-electron chi connectivity index (χ3n) is 5.23. The van der Waals surface area contributed by atoms with Crippen molar-refractivity contribution >= 4 is 52.3 Å². The highest BCUT2D eigenvalue weighted by molar-refractivity contribution is 7.99. The van der Waals surface area contributed by atoms with E-state index in [4.69, 9.17) is 23.2 Å². The molecule has 0 atom stereocenters. The molecule has 0 bridgehead atoms. The number of hydrogen-bond donors (Lipinski definition) is 1. The van der Waals surface area contributed by atoms with Gasteiger partial charge in [0, 0.05) is 33.5 Å². The lowest BCUT2D eigenvalue weighted by Gasteiger charge is -2.11. The number of carbonyl (C=O) groups is 1. The Morgan fingerprint density at radius 2 is 1.78 bits per heavy atom. The van der Waals surface area contributed by atoms with E-state index in [1.165, 1.54) is 11.8 Å². The molecule has 0 spiro atoms. The summed E-state index contributed by atoms with van der Waals surface area (Å²) in [7, 11) is 0. The molecular weight excluding hydrogens is 465 g/mol. The SMILES string of the molecule is Cc1nc2nc(SCC(=O)Nc3cccc(Cl)c3C)nn2c(C)c1Cc1ccccc1Cl. The number of nitrogens with one attached hydrogen (secondary N) is 1. The summed E-state index contributed by atoms with van der Waals surface area (Å²) in [6, 6.07) is 13.2. The normalized spacial score (nSPS) is 11.2. The van der Waals surface area contributed by atoms with Crippen molar-refractivity contribution in [3.63, 3.8) is 0 Å². The molecule has 0 unspecified atom stereocenters. The zero-order chi connectivity index (χ0) is 22.8. The van der Waals surface area contributed by atoms with Gasteiger partial charge in [0.15, 0.2) is 0 Å². The fourth-order valence-electron chi connectivity index (χ4n) is 3.40. The topological polar surface area (TPSA) is 72.2 Å². The van der Waals surface area contributed by atoms with Gasteiger partial charge in [-0.3, -0.25) is 4.79 Å². The first-order valence-corrected chi connectivity index (χ1v) is 11.7. The summed E-state index contributed by atoms with van der Waals surface area (Å²) in [6.07, 6.45) is 0.657. The van der Waals surface area contributed by atoms with E-state index in [2.05, 4.69) is 20.4 Å². The quantitative estimate of drug-likeness (QED) is 0.355. The summed E-state index contributed by atoms with van der Waals surface area (Å²) in [5.74, 6) is 0.531. The standard InChI is InChI=1S/C23H21Cl2N5OS/c1-13-18(24)9-6-10-20(13)27-21(31)12-32-23-28-22-26-14(2)17(15(3)30(22)29-23)11-16-7-4-5-8-19(16)25/h4-10H,11-12H2,1-3H3,(H,27,31). The van der Waals surface area contributed by atoms with Crippen molar-refractivity contribution in [1.82, 2.24) is 19.6 Å².